The Balaban J connectivity index is 2.16. The standard InChI is InChI=1S/C14H19N3O4/c1-9-11(17(19)20)4-3-5-12(9)21-10-6-7-14(8-10,16-2)13(15)18/h3-5,10,16H,6-8H2,1-2H3,(H2,15,18). The molecule has 2 rings (SSSR count). The molecule has 0 heterocycles. The Morgan fingerprint density at radius 1 is 1.57 bits per heavy atom. The molecule has 7 nitrogen and oxygen atoms in total. The lowest BCUT2D eigenvalue weighted by molar-refractivity contribution is -0.385. The van der Waals surface area contributed by atoms with Gasteiger partial charge < -0.3 is 15.8 Å². The van der Waals surface area contributed by atoms with Crippen molar-refractivity contribution in [1.29, 1.82) is 0 Å². The van der Waals surface area contributed by atoms with Crippen LogP contribution in [0, 0.1) is 17.0 Å². The van der Waals surface area contributed by atoms with Gasteiger partial charge in [0.2, 0.25) is 5.91 Å². The summed E-state index contributed by atoms with van der Waals surface area (Å²) in [5.41, 5.74) is 5.21. The van der Waals surface area contributed by atoms with E-state index in [0.29, 0.717) is 30.6 Å². The van der Waals surface area contributed by atoms with Crippen molar-refractivity contribution in [3.8, 4) is 5.75 Å². The molecule has 1 saturated carbocycles. The molecular weight excluding hydrogens is 274 g/mol. The third-order valence-electron chi connectivity index (χ3n) is 4.17. The van der Waals surface area contributed by atoms with Crippen molar-refractivity contribution >= 4 is 11.6 Å². The summed E-state index contributed by atoms with van der Waals surface area (Å²) in [4.78, 5) is 22.1. The van der Waals surface area contributed by atoms with Crippen molar-refractivity contribution in [1.82, 2.24) is 5.32 Å². The number of nitrogens with zero attached hydrogens (tertiary/aromatic N) is 1. The van der Waals surface area contributed by atoms with Gasteiger partial charge in [-0.1, -0.05) is 6.07 Å². The number of carbonyl (C=O) groups is 1. The first-order valence-electron chi connectivity index (χ1n) is 6.79. The van der Waals surface area contributed by atoms with Crippen LogP contribution in [0.1, 0.15) is 24.8 Å². The number of amides is 1. The molecule has 0 spiro atoms. The Labute approximate surface area is 122 Å². The molecule has 114 valence electrons. The average Bonchev–Trinajstić information content (AvgIpc) is 2.85. The summed E-state index contributed by atoms with van der Waals surface area (Å²) in [5, 5.41) is 13.9. The molecule has 0 aromatic heterocycles. The van der Waals surface area contributed by atoms with Gasteiger partial charge in [-0.2, -0.15) is 0 Å². The zero-order chi connectivity index (χ0) is 15.6. The van der Waals surface area contributed by atoms with Crippen molar-refractivity contribution in [2.75, 3.05) is 7.05 Å². The monoisotopic (exact) mass is 293 g/mol. The maximum atomic E-state index is 11.6. The van der Waals surface area contributed by atoms with Gasteiger partial charge in [0, 0.05) is 12.5 Å². The normalized spacial score (nSPS) is 24.8. The molecule has 1 fully saturated rings. The van der Waals surface area contributed by atoms with Crippen LogP contribution >= 0.6 is 0 Å². The van der Waals surface area contributed by atoms with Gasteiger partial charge in [-0.15, -0.1) is 0 Å². The van der Waals surface area contributed by atoms with Gasteiger partial charge in [0.25, 0.3) is 5.69 Å². The highest BCUT2D eigenvalue weighted by atomic mass is 16.6. The van der Waals surface area contributed by atoms with Crippen molar-refractivity contribution in [2.45, 2.75) is 37.8 Å². The third kappa shape index (κ3) is 2.82. The zero-order valence-corrected chi connectivity index (χ0v) is 12.1. The predicted octanol–water partition coefficient (Wildman–Crippen LogP) is 1.28. The Morgan fingerprint density at radius 2 is 2.29 bits per heavy atom. The van der Waals surface area contributed by atoms with Crippen LogP contribution in [0.25, 0.3) is 0 Å². The largest absolute Gasteiger partial charge is 0.490 e. The number of benzene rings is 1. The minimum Gasteiger partial charge on any atom is -0.490 e. The van der Waals surface area contributed by atoms with E-state index in [2.05, 4.69) is 5.32 Å². The molecule has 1 aliphatic carbocycles. The van der Waals surface area contributed by atoms with Gasteiger partial charge in [-0.05, 0) is 32.9 Å². The number of carbonyl (C=O) groups excluding carboxylic acids is 1. The quantitative estimate of drug-likeness (QED) is 0.628. The number of likely N-dealkylation sites (N-methyl/N-ethyl adjacent to an activating group) is 1. The maximum Gasteiger partial charge on any atom is 0.276 e. The molecule has 1 aromatic carbocycles. The Kier molecular flexibility index (Phi) is 4.13. The molecule has 1 aliphatic rings. The van der Waals surface area contributed by atoms with Crippen LogP contribution in [-0.4, -0.2) is 29.5 Å². The maximum absolute atomic E-state index is 11.6. The van der Waals surface area contributed by atoms with E-state index in [1.807, 2.05) is 0 Å². The second kappa shape index (κ2) is 5.69. The topological polar surface area (TPSA) is 107 Å². The summed E-state index contributed by atoms with van der Waals surface area (Å²) in [5.74, 6) is 0.0810. The summed E-state index contributed by atoms with van der Waals surface area (Å²) < 4.78 is 5.85. The molecule has 0 aliphatic heterocycles. The summed E-state index contributed by atoms with van der Waals surface area (Å²) in [6.45, 7) is 1.65. The number of ether oxygens (including phenoxy) is 1. The van der Waals surface area contributed by atoms with Gasteiger partial charge in [0.15, 0.2) is 0 Å². The lowest BCUT2D eigenvalue weighted by Crippen LogP contribution is -2.52. The van der Waals surface area contributed by atoms with Crippen LogP contribution in [-0.2, 0) is 4.79 Å². The number of rotatable bonds is 5. The molecular formula is C14H19N3O4. The molecule has 7 heteroatoms. The van der Waals surface area contributed by atoms with E-state index in [1.54, 1.807) is 26.1 Å². The highest BCUT2D eigenvalue weighted by Gasteiger charge is 2.44. The molecule has 2 atom stereocenters. The van der Waals surface area contributed by atoms with Gasteiger partial charge in [-0.25, -0.2) is 0 Å². The smallest absolute Gasteiger partial charge is 0.276 e. The van der Waals surface area contributed by atoms with Gasteiger partial charge in [-0.3, -0.25) is 14.9 Å². The van der Waals surface area contributed by atoms with E-state index in [0.717, 1.165) is 0 Å². The first-order valence-corrected chi connectivity index (χ1v) is 6.79. The summed E-state index contributed by atoms with van der Waals surface area (Å²) >= 11 is 0. The third-order valence-corrected chi connectivity index (χ3v) is 4.17. The number of nitrogens with two attached hydrogens (primary N) is 1. The first-order chi connectivity index (χ1) is 9.89. The van der Waals surface area contributed by atoms with Crippen LogP contribution < -0.4 is 15.8 Å². The number of primary amides is 1. The van der Waals surface area contributed by atoms with Crippen LogP contribution in [0.3, 0.4) is 0 Å². The highest BCUT2D eigenvalue weighted by Crippen LogP contribution is 2.35. The SMILES string of the molecule is CNC1(C(N)=O)CCC(Oc2cccc([N+](=O)[O-])c2C)C1. The fraction of sp³-hybridized carbons (Fsp3) is 0.500. The minimum atomic E-state index is -0.751. The molecule has 1 amide bonds. The van der Waals surface area contributed by atoms with E-state index < -0.39 is 16.4 Å². The van der Waals surface area contributed by atoms with E-state index >= 15 is 0 Å². The second-order valence-corrected chi connectivity index (χ2v) is 5.34. The lowest BCUT2D eigenvalue weighted by atomic mass is 9.97. The van der Waals surface area contributed by atoms with Crippen LogP contribution in [0.15, 0.2) is 18.2 Å². The Morgan fingerprint density at radius 3 is 2.81 bits per heavy atom. The van der Waals surface area contributed by atoms with Crippen molar-refractivity contribution < 1.29 is 14.5 Å². The average molecular weight is 293 g/mol. The van der Waals surface area contributed by atoms with Gasteiger partial charge in [0.05, 0.1) is 10.5 Å². The number of hydrogen-bond acceptors (Lipinski definition) is 5. The minimum absolute atomic E-state index is 0.0280. The Bertz CT molecular complexity index is 575. The summed E-state index contributed by atoms with van der Waals surface area (Å²) in [6.07, 6.45) is 1.54. The van der Waals surface area contributed by atoms with E-state index in [-0.39, 0.29) is 11.8 Å². The van der Waals surface area contributed by atoms with Gasteiger partial charge in [0.1, 0.15) is 17.4 Å². The summed E-state index contributed by atoms with van der Waals surface area (Å²) in [6, 6.07) is 4.74. The number of hydrogen-bond donors (Lipinski definition) is 2. The summed E-state index contributed by atoms with van der Waals surface area (Å²) in [7, 11) is 1.70. The van der Waals surface area contributed by atoms with Crippen LogP contribution in [0.5, 0.6) is 5.75 Å². The fourth-order valence-electron chi connectivity index (χ4n) is 2.78. The predicted molar refractivity (Wildman–Crippen MR) is 77.1 cm³/mol. The highest BCUT2D eigenvalue weighted by molar-refractivity contribution is 5.85. The number of nitrogens with one attached hydrogen (secondary N) is 1. The van der Waals surface area contributed by atoms with Crippen molar-refractivity contribution in [3.63, 3.8) is 0 Å². The van der Waals surface area contributed by atoms with E-state index in [9.17, 15) is 14.9 Å². The molecule has 0 bridgehead atoms. The van der Waals surface area contributed by atoms with Gasteiger partial charge >= 0.3 is 0 Å². The van der Waals surface area contributed by atoms with Crippen molar-refractivity contribution in [2.24, 2.45) is 5.73 Å². The fourth-order valence-corrected chi connectivity index (χ4v) is 2.78. The van der Waals surface area contributed by atoms with E-state index in [4.69, 9.17) is 10.5 Å². The second-order valence-electron chi connectivity index (χ2n) is 5.34. The molecule has 2 unspecified atom stereocenters. The first kappa shape index (κ1) is 15.2. The van der Waals surface area contributed by atoms with E-state index in [1.165, 1.54) is 6.07 Å². The van der Waals surface area contributed by atoms with Crippen LogP contribution in [0.4, 0.5) is 5.69 Å². The molecule has 1 aromatic rings. The molecule has 0 saturated heterocycles. The van der Waals surface area contributed by atoms with Crippen molar-refractivity contribution in [3.05, 3.63) is 33.9 Å². The van der Waals surface area contributed by atoms with Crippen LogP contribution in [0.2, 0.25) is 0 Å². The molecule has 3 N–H and O–H groups in total. The lowest BCUT2D eigenvalue weighted by Gasteiger charge is -2.25. The number of nitro groups is 1. The molecule has 21 heavy (non-hydrogen) atoms. The zero-order valence-electron chi connectivity index (χ0n) is 12.1. The molecule has 0 radical (unpaired) electrons. The number of nitro benzene ring substituents is 1. The Hall–Kier alpha value is -2.15.